The summed E-state index contributed by atoms with van der Waals surface area (Å²) in [6.07, 6.45) is 1.75. The Kier molecular flexibility index (Phi) is 3.69. The topological polar surface area (TPSA) is 36.1 Å². The van der Waals surface area contributed by atoms with E-state index in [1.165, 1.54) is 0 Å². The Labute approximate surface area is 108 Å². The number of hydrogen-bond acceptors (Lipinski definition) is 2. The number of benzene rings is 2. The summed E-state index contributed by atoms with van der Waals surface area (Å²) in [5.74, 6) is 0. The average Bonchev–Trinajstić information content (AvgIpc) is 2.38. The second-order valence-electron chi connectivity index (χ2n) is 3.44. The van der Waals surface area contributed by atoms with Gasteiger partial charge in [-0.05, 0) is 23.8 Å². The molecule has 2 aromatic carbocycles. The molecule has 0 aromatic heterocycles. The van der Waals surface area contributed by atoms with E-state index in [-0.39, 0.29) is 0 Å². The predicted octanol–water partition coefficient (Wildman–Crippen LogP) is 4.07. The van der Waals surface area contributed by atoms with Gasteiger partial charge in [-0.15, -0.1) is 0 Å². The van der Waals surface area contributed by atoms with E-state index in [1.54, 1.807) is 12.3 Å². The fourth-order valence-corrected chi connectivity index (χ4v) is 1.75. The van der Waals surface area contributed by atoms with E-state index < -0.39 is 0 Å². The Hall–Kier alpha value is -1.92. The molecule has 0 saturated heterocycles. The summed E-state index contributed by atoms with van der Waals surface area (Å²) in [6, 6.07) is 17.4. The zero-order valence-electron chi connectivity index (χ0n) is 8.97. The maximum Gasteiger partial charge on any atom is 0.101 e. The molecule has 0 spiro atoms. The molecule has 0 saturated carbocycles. The van der Waals surface area contributed by atoms with Crippen LogP contribution in [0.5, 0.6) is 0 Å². The first-order valence-electron chi connectivity index (χ1n) is 5.08. The Morgan fingerprint density at radius 3 is 2.59 bits per heavy atom. The monoisotopic (exact) mass is 284 g/mol. The fraction of sp³-hybridized carbons (Fsp3) is 0. The highest BCUT2D eigenvalue weighted by Gasteiger charge is 2.00. The highest BCUT2D eigenvalue weighted by molar-refractivity contribution is 9.10. The molecule has 0 amide bonds. The molecule has 0 radical (unpaired) electrons. The standard InChI is InChI=1S/C14H9BrN2/c15-13-6-7-14(12(8-13)9-16)17-10-11-4-2-1-3-5-11/h1-8,10H. The van der Waals surface area contributed by atoms with Crippen LogP contribution in [0.4, 0.5) is 5.69 Å². The second kappa shape index (κ2) is 5.42. The van der Waals surface area contributed by atoms with Gasteiger partial charge in [-0.2, -0.15) is 5.26 Å². The largest absolute Gasteiger partial charge is 0.255 e. The van der Waals surface area contributed by atoms with Crippen molar-refractivity contribution in [2.24, 2.45) is 4.99 Å². The lowest BCUT2D eigenvalue weighted by molar-refractivity contribution is 1.43. The first-order chi connectivity index (χ1) is 8.29. The number of rotatable bonds is 2. The summed E-state index contributed by atoms with van der Waals surface area (Å²) in [7, 11) is 0. The van der Waals surface area contributed by atoms with Gasteiger partial charge in [0.1, 0.15) is 6.07 Å². The molecule has 0 aliphatic heterocycles. The maximum absolute atomic E-state index is 9.00. The van der Waals surface area contributed by atoms with Gasteiger partial charge in [0, 0.05) is 10.7 Å². The molecule has 3 heteroatoms. The van der Waals surface area contributed by atoms with Gasteiger partial charge in [0.05, 0.1) is 11.3 Å². The summed E-state index contributed by atoms with van der Waals surface area (Å²) in [6.45, 7) is 0. The molecule has 0 aliphatic carbocycles. The lowest BCUT2D eigenvalue weighted by Crippen LogP contribution is -1.81. The van der Waals surface area contributed by atoms with Crippen molar-refractivity contribution in [1.82, 2.24) is 0 Å². The van der Waals surface area contributed by atoms with E-state index >= 15 is 0 Å². The number of aliphatic imine (C=N–C) groups is 1. The molecule has 2 rings (SSSR count). The number of nitrogens with zero attached hydrogens (tertiary/aromatic N) is 2. The summed E-state index contributed by atoms with van der Waals surface area (Å²) in [4.78, 5) is 4.32. The third-order valence-corrected chi connectivity index (χ3v) is 2.72. The third-order valence-electron chi connectivity index (χ3n) is 2.23. The van der Waals surface area contributed by atoms with Crippen LogP contribution in [0.2, 0.25) is 0 Å². The van der Waals surface area contributed by atoms with Crippen LogP contribution in [-0.4, -0.2) is 6.21 Å². The Bertz CT molecular complexity index is 583. The third kappa shape index (κ3) is 3.02. The smallest absolute Gasteiger partial charge is 0.101 e. The van der Waals surface area contributed by atoms with E-state index in [1.807, 2.05) is 42.5 Å². The van der Waals surface area contributed by atoms with Crippen LogP contribution in [0, 0.1) is 11.3 Å². The molecule has 0 unspecified atom stereocenters. The molecule has 82 valence electrons. The van der Waals surface area contributed by atoms with E-state index in [2.05, 4.69) is 27.0 Å². The zero-order chi connectivity index (χ0) is 12.1. The first-order valence-corrected chi connectivity index (χ1v) is 5.87. The van der Waals surface area contributed by atoms with E-state index in [4.69, 9.17) is 5.26 Å². The molecular weight excluding hydrogens is 276 g/mol. The molecule has 0 aliphatic rings. The number of halogens is 1. The Morgan fingerprint density at radius 2 is 1.88 bits per heavy atom. The SMILES string of the molecule is N#Cc1cc(Br)ccc1N=Cc1ccccc1. The van der Waals surface area contributed by atoms with Crippen molar-refractivity contribution in [2.75, 3.05) is 0 Å². The minimum absolute atomic E-state index is 0.562. The van der Waals surface area contributed by atoms with Crippen molar-refractivity contribution in [3.63, 3.8) is 0 Å². The predicted molar refractivity (Wildman–Crippen MR) is 72.6 cm³/mol. The van der Waals surface area contributed by atoms with Crippen LogP contribution >= 0.6 is 15.9 Å². The minimum atomic E-state index is 0.562. The molecule has 0 fully saturated rings. The quantitative estimate of drug-likeness (QED) is 0.766. The van der Waals surface area contributed by atoms with Crippen molar-refractivity contribution in [3.05, 3.63) is 64.1 Å². The Morgan fingerprint density at radius 1 is 1.12 bits per heavy atom. The van der Waals surface area contributed by atoms with Gasteiger partial charge in [-0.3, -0.25) is 4.99 Å². The van der Waals surface area contributed by atoms with Crippen LogP contribution in [0.25, 0.3) is 0 Å². The second-order valence-corrected chi connectivity index (χ2v) is 4.36. The van der Waals surface area contributed by atoms with E-state index in [0.29, 0.717) is 11.3 Å². The molecule has 2 nitrogen and oxygen atoms in total. The summed E-state index contributed by atoms with van der Waals surface area (Å²) in [5.41, 5.74) is 2.26. The van der Waals surface area contributed by atoms with Gasteiger partial charge < -0.3 is 0 Å². The maximum atomic E-state index is 9.00. The highest BCUT2D eigenvalue weighted by Crippen LogP contribution is 2.22. The van der Waals surface area contributed by atoms with Gasteiger partial charge in [0.25, 0.3) is 0 Å². The minimum Gasteiger partial charge on any atom is -0.255 e. The summed E-state index contributed by atoms with van der Waals surface area (Å²) < 4.78 is 0.882. The van der Waals surface area contributed by atoms with Gasteiger partial charge in [0.15, 0.2) is 0 Å². The van der Waals surface area contributed by atoms with Crippen molar-refractivity contribution >= 4 is 27.8 Å². The molecular formula is C14H9BrN2. The van der Waals surface area contributed by atoms with E-state index in [0.717, 1.165) is 10.0 Å². The molecule has 17 heavy (non-hydrogen) atoms. The van der Waals surface area contributed by atoms with Crippen LogP contribution in [0.15, 0.2) is 58.0 Å². The highest BCUT2D eigenvalue weighted by atomic mass is 79.9. The van der Waals surface area contributed by atoms with Crippen LogP contribution < -0.4 is 0 Å². The normalized spacial score (nSPS) is 10.4. The van der Waals surface area contributed by atoms with Crippen molar-refractivity contribution in [2.45, 2.75) is 0 Å². The Balaban J connectivity index is 2.31. The van der Waals surface area contributed by atoms with Crippen molar-refractivity contribution in [1.29, 1.82) is 5.26 Å². The van der Waals surface area contributed by atoms with Crippen LogP contribution in [0.3, 0.4) is 0 Å². The lowest BCUT2D eigenvalue weighted by Gasteiger charge is -1.98. The summed E-state index contributed by atoms with van der Waals surface area (Å²) >= 11 is 3.33. The summed E-state index contributed by atoms with van der Waals surface area (Å²) in [5, 5.41) is 9.00. The van der Waals surface area contributed by atoms with Gasteiger partial charge in [-0.1, -0.05) is 46.3 Å². The van der Waals surface area contributed by atoms with Gasteiger partial charge >= 0.3 is 0 Å². The average molecular weight is 285 g/mol. The van der Waals surface area contributed by atoms with Gasteiger partial charge in [-0.25, -0.2) is 0 Å². The number of nitriles is 1. The van der Waals surface area contributed by atoms with Crippen LogP contribution in [0.1, 0.15) is 11.1 Å². The molecule has 0 heterocycles. The van der Waals surface area contributed by atoms with Crippen molar-refractivity contribution in [3.8, 4) is 6.07 Å². The zero-order valence-corrected chi connectivity index (χ0v) is 10.6. The number of hydrogen-bond donors (Lipinski definition) is 0. The first kappa shape index (κ1) is 11.6. The van der Waals surface area contributed by atoms with Gasteiger partial charge in [0.2, 0.25) is 0 Å². The molecule has 0 bridgehead atoms. The van der Waals surface area contributed by atoms with Crippen LogP contribution in [-0.2, 0) is 0 Å². The molecule has 0 atom stereocenters. The molecule has 2 aromatic rings. The van der Waals surface area contributed by atoms with Crippen molar-refractivity contribution < 1.29 is 0 Å². The fourth-order valence-electron chi connectivity index (χ4n) is 1.39. The molecule has 0 N–H and O–H groups in total. The van der Waals surface area contributed by atoms with E-state index in [9.17, 15) is 0 Å². The lowest BCUT2D eigenvalue weighted by atomic mass is 10.2.